The van der Waals surface area contributed by atoms with Crippen LogP contribution in [0.2, 0.25) is 0 Å². The zero-order chi connectivity index (χ0) is 16.2. The van der Waals surface area contributed by atoms with E-state index in [0.29, 0.717) is 16.3 Å². The molecule has 2 aromatic rings. The van der Waals surface area contributed by atoms with Crippen molar-refractivity contribution in [2.75, 3.05) is 23.9 Å². The summed E-state index contributed by atoms with van der Waals surface area (Å²) in [4.78, 5) is 12.7. The van der Waals surface area contributed by atoms with Crippen LogP contribution < -0.4 is 10.1 Å². The number of halogens is 1. The van der Waals surface area contributed by atoms with Crippen molar-refractivity contribution in [3.63, 3.8) is 0 Å². The van der Waals surface area contributed by atoms with Crippen LogP contribution >= 0.6 is 27.3 Å². The van der Waals surface area contributed by atoms with Gasteiger partial charge in [-0.2, -0.15) is 0 Å². The van der Waals surface area contributed by atoms with Crippen LogP contribution in [0.5, 0.6) is 5.75 Å². The minimum absolute atomic E-state index is 0.0499. The summed E-state index contributed by atoms with van der Waals surface area (Å²) in [6, 6.07) is 8.64. The number of nitrogens with one attached hydrogen (secondary N) is 1. The van der Waals surface area contributed by atoms with E-state index >= 15 is 0 Å². The van der Waals surface area contributed by atoms with Crippen LogP contribution in [0.4, 0.5) is 5.69 Å². The van der Waals surface area contributed by atoms with Crippen molar-refractivity contribution < 1.29 is 17.9 Å². The van der Waals surface area contributed by atoms with Gasteiger partial charge in [-0.05, 0) is 39.5 Å². The monoisotopic (exact) mass is 403 g/mol. The molecule has 0 unspecified atom stereocenters. The average molecular weight is 404 g/mol. The molecule has 0 spiro atoms. The van der Waals surface area contributed by atoms with Gasteiger partial charge in [0.25, 0.3) is 5.91 Å². The second-order valence-electron chi connectivity index (χ2n) is 4.56. The van der Waals surface area contributed by atoms with Crippen molar-refractivity contribution in [2.45, 2.75) is 0 Å². The Kier molecular flexibility index (Phi) is 5.60. The number of thiophene rings is 1. The Hall–Kier alpha value is -1.38. The maximum absolute atomic E-state index is 12.1. The van der Waals surface area contributed by atoms with Gasteiger partial charge in [0.15, 0.2) is 9.84 Å². The maximum atomic E-state index is 12.1. The third kappa shape index (κ3) is 5.11. The summed E-state index contributed by atoms with van der Waals surface area (Å²) < 4.78 is 28.2. The number of hydrogen-bond donors (Lipinski definition) is 1. The van der Waals surface area contributed by atoms with Crippen LogP contribution in [0.15, 0.2) is 40.2 Å². The van der Waals surface area contributed by atoms with E-state index in [4.69, 9.17) is 4.74 Å². The molecular weight excluding hydrogens is 390 g/mol. The predicted octanol–water partition coefficient (Wildman–Crippen LogP) is 3.19. The first-order valence-electron chi connectivity index (χ1n) is 6.30. The van der Waals surface area contributed by atoms with Crippen molar-refractivity contribution in [1.82, 2.24) is 0 Å². The fourth-order valence-corrected chi connectivity index (χ4v) is 3.45. The molecule has 1 heterocycles. The smallest absolute Gasteiger partial charge is 0.266 e. The molecule has 0 fully saturated rings. The summed E-state index contributed by atoms with van der Waals surface area (Å²) in [5.74, 6) is 0.244. The van der Waals surface area contributed by atoms with Gasteiger partial charge in [0.1, 0.15) is 17.2 Å². The molecule has 0 saturated carbocycles. The second-order valence-corrected chi connectivity index (χ2v) is 8.59. The molecular formula is C14H14BrNO4S2. The van der Waals surface area contributed by atoms with Crippen LogP contribution in [0.25, 0.3) is 0 Å². The number of benzene rings is 1. The number of anilines is 1. The average Bonchev–Trinajstić information content (AvgIpc) is 2.84. The van der Waals surface area contributed by atoms with E-state index in [1.165, 1.54) is 11.3 Å². The predicted molar refractivity (Wildman–Crippen MR) is 91.6 cm³/mol. The summed E-state index contributed by atoms with van der Waals surface area (Å²) in [5.41, 5.74) is 0.585. The molecule has 0 aliphatic carbocycles. The van der Waals surface area contributed by atoms with Crippen LogP contribution in [-0.2, 0) is 9.84 Å². The lowest BCUT2D eigenvalue weighted by Crippen LogP contribution is -2.13. The second kappa shape index (κ2) is 7.26. The lowest BCUT2D eigenvalue weighted by atomic mass is 10.3. The zero-order valence-electron chi connectivity index (χ0n) is 11.7. The molecule has 0 radical (unpaired) electrons. The van der Waals surface area contributed by atoms with Crippen molar-refractivity contribution in [2.24, 2.45) is 0 Å². The van der Waals surface area contributed by atoms with Gasteiger partial charge in [0, 0.05) is 22.5 Å². The highest BCUT2D eigenvalue weighted by molar-refractivity contribution is 9.10. The molecule has 0 aliphatic heterocycles. The first-order chi connectivity index (χ1) is 10.3. The van der Waals surface area contributed by atoms with Crippen LogP contribution in [0, 0.1) is 0 Å². The fraction of sp³-hybridized carbons (Fsp3) is 0.214. The number of rotatable bonds is 6. The summed E-state index contributed by atoms with van der Waals surface area (Å²) in [7, 11) is -3.06. The molecule has 0 bridgehead atoms. The Morgan fingerprint density at radius 2 is 2.14 bits per heavy atom. The number of sulfone groups is 1. The van der Waals surface area contributed by atoms with Gasteiger partial charge in [0.2, 0.25) is 0 Å². The largest absolute Gasteiger partial charge is 0.492 e. The van der Waals surface area contributed by atoms with E-state index in [9.17, 15) is 13.2 Å². The number of ether oxygens (including phenoxy) is 1. The Morgan fingerprint density at radius 1 is 1.36 bits per heavy atom. The van der Waals surface area contributed by atoms with Crippen LogP contribution in [-0.4, -0.2) is 32.9 Å². The first kappa shape index (κ1) is 17.0. The van der Waals surface area contributed by atoms with Crippen LogP contribution in [0.3, 0.4) is 0 Å². The topological polar surface area (TPSA) is 72.5 Å². The Morgan fingerprint density at radius 3 is 2.77 bits per heavy atom. The van der Waals surface area contributed by atoms with Gasteiger partial charge >= 0.3 is 0 Å². The third-order valence-corrected chi connectivity index (χ3v) is 5.38. The molecule has 0 aliphatic rings. The van der Waals surface area contributed by atoms with Gasteiger partial charge in [-0.25, -0.2) is 8.42 Å². The highest BCUT2D eigenvalue weighted by Crippen LogP contribution is 2.24. The lowest BCUT2D eigenvalue weighted by Gasteiger charge is -2.08. The normalized spacial score (nSPS) is 11.2. The Balaban J connectivity index is 1.99. The number of hydrogen-bond acceptors (Lipinski definition) is 5. The summed E-state index contributed by atoms with van der Waals surface area (Å²) in [5, 5.41) is 4.60. The molecule has 1 amide bonds. The van der Waals surface area contributed by atoms with Gasteiger partial charge < -0.3 is 10.1 Å². The summed E-state index contributed by atoms with van der Waals surface area (Å²) in [6.07, 6.45) is 1.16. The van der Waals surface area contributed by atoms with E-state index in [1.807, 2.05) is 11.4 Å². The summed E-state index contributed by atoms with van der Waals surface area (Å²) in [6.45, 7) is 0.0761. The van der Waals surface area contributed by atoms with Crippen molar-refractivity contribution in [1.29, 1.82) is 0 Å². The minimum atomic E-state index is -3.06. The maximum Gasteiger partial charge on any atom is 0.266 e. The number of carbonyl (C=O) groups is 1. The van der Waals surface area contributed by atoms with Crippen molar-refractivity contribution in [3.8, 4) is 5.75 Å². The van der Waals surface area contributed by atoms with Crippen molar-refractivity contribution in [3.05, 3.63) is 45.1 Å². The molecule has 1 N–H and O–H groups in total. The molecule has 0 atom stereocenters. The third-order valence-electron chi connectivity index (χ3n) is 2.64. The standard InChI is InChI=1S/C14H14BrNO4S2/c1-22(18,19)8-6-20-11-4-2-3-10(9-11)16-14(17)13-12(15)5-7-21-13/h2-5,7,9H,6,8H2,1H3,(H,16,17). The quantitative estimate of drug-likeness (QED) is 0.803. The number of carbonyl (C=O) groups excluding carboxylic acids is 1. The molecule has 118 valence electrons. The van der Waals surface area contributed by atoms with Crippen molar-refractivity contribution >= 4 is 48.7 Å². The molecule has 8 heteroatoms. The zero-order valence-corrected chi connectivity index (χ0v) is 14.9. The van der Waals surface area contributed by atoms with E-state index < -0.39 is 9.84 Å². The highest BCUT2D eigenvalue weighted by Gasteiger charge is 2.12. The van der Waals surface area contributed by atoms with Gasteiger partial charge in [-0.15, -0.1) is 11.3 Å². The highest BCUT2D eigenvalue weighted by atomic mass is 79.9. The number of amides is 1. The summed E-state index contributed by atoms with van der Waals surface area (Å²) >= 11 is 4.66. The fourth-order valence-electron chi connectivity index (χ4n) is 1.62. The van der Waals surface area contributed by atoms with E-state index in [-0.39, 0.29) is 18.3 Å². The van der Waals surface area contributed by atoms with E-state index in [1.54, 1.807) is 24.3 Å². The van der Waals surface area contributed by atoms with Gasteiger partial charge in [-0.3, -0.25) is 4.79 Å². The van der Waals surface area contributed by atoms with Gasteiger partial charge in [-0.1, -0.05) is 6.07 Å². The molecule has 2 rings (SSSR count). The van der Waals surface area contributed by atoms with Crippen LogP contribution in [0.1, 0.15) is 9.67 Å². The molecule has 22 heavy (non-hydrogen) atoms. The Bertz CT molecular complexity index is 771. The minimum Gasteiger partial charge on any atom is -0.492 e. The Labute approximate surface area is 141 Å². The van der Waals surface area contributed by atoms with Gasteiger partial charge in [0.05, 0.1) is 5.75 Å². The SMILES string of the molecule is CS(=O)(=O)CCOc1cccc(NC(=O)c2sccc2Br)c1. The lowest BCUT2D eigenvalue weighted by molar-refractivity contribution is 0.103. The molecule has 0 saturated heterocycles. The first-order valence-corrected chi connectivity index (χ1v) is 10.0. The molecule has 1 aromatic heterocycles. The van der Waals surface area contributed by atoms with E-state index in [0.717, 1.165) is 10.7 Å². The van der Waals surface area contributed by atoms with E-state index in [2.05, 4.69) is 21.2 Å². The molecule has 5 nitrogen and oxygen atoms in total. The molecule has 1 aromatic carbocycles.